The molecular formula is C54H36N2S. The quantitative estimate of drug-likeness (QED) is 0.158. The predicted octanol–water partition coefficient (Wildman–Crippen LogP) is 15.6. The molecule has 0 atom stereocenters. The third kappa shape index (κ3) is 5.55. The van der Waals surface area contributed by atoms with Crippen molar-refractivity contribution in [2.24, 2.45) is 0 Å². The lowest BCUT2D eigenvalue weighted by molar-refractivity contribution is 1.18. The third-order valence-corrected chi connectivity index (χ3v) is 12.4. The van der Waals surface area contributed by atoms with Crippen LogP contribution in [0.1, 0.15) is 0 Å². The molecule has 2 heterocycles. The fourth-order valence-electron chi connectivity index (χ4n) is 8.68. The molecule has 0 saturated carbocycles. The second-order valence-electron chi connectivity index (χ2n) is 14.5. The summed E-state index contributed by atoms with van der Waals surface area (Å²) in [5.41, 5.74) is 14.0. The van der Waals surface area contributed by atoms with Gasteiger partial charge in [-0.15, -0.1) is 11.3 Å². The predicted molar refractivity (Wildman–Crippen MR) is 245 cm³/mol. The average molecular weight is 745 g/mol. The van der Waals surface area contributed by atoms with Crippen LogP contribution in [-0.2, 0) is 0 Å². The van der Waals surface area contributed by atoms with Gasteiger partial charge in [0, 0.05) is 53.3 Å². The summed E-state index contributed by atoms with van der Waals surface area (Å²) in [4.78, 5) is 2.50. The van der Waals surface area contributed by atoms with Gasteiger partial charge < -0.3 is 9.47 Å². The van der Waals surface area contributed by atoms with Crippen LogP contribution in [0.15, 0.2) is 218 Å². The second kappa shape index (κ2) is 13.8. The highest BCUT2D eigenvalue weighted by Gasteiger charge is 2.26. The molecule has 0 unspecified atom stereocenters. The van der Waals surface area contributed by atoms with Crippen molar-refractivity contribution < 1.29 is 0 Å². The van der Waals surface area contributed by atoms with Crippen molar-refractivity contribution in [3.05, 3.63) is 218 Å². The summed E-state index contributed by atoms with van der Waals surface area (Å²) < 4.78 is 5.01. The van der Waals surface area contributed by atoms with Gasteiger partial charge in [-0.05, 0) is 65.2 Å². The van der Waals surface area contributed by atoms with E-state index in [-0.39, 0.29) is 0 Å². The molecule has 57 heavy (non-hydrogen) atoms. The van der Waals surface area contributed by atoms with E-state index in [4.69, 9.17) is 0 Å². The maximum absolute atomic E-state index is 2.50. The van der Waals surface area contributed by atoms with E-state index in [2.05, 4.69) is 228 Å². The van der Waals surface area contributed by atoms with Crippen LogP contribution in [0.4, 0.5) is 17.1 Å². The van der Waals surface area contributed by atoms with Crippen LogP contribution in [-0.4, -0.2) is 4.57 Å². The maximum atomic E-state index is 2.50. The Labute approximate surface area is 335 Å². The van der Waals surface area contributed by atoms with E-state index in [1.165, 1.54) is 75.4 Å². The average Bonchev–Trinajstić information content (AvgIpc) is 3.83. The van der Waals surface area contributed by atoms with Gasteiger partial charge in [-0.25, -0.2) is 0 Å². The summed E-state index contributed by atoms with van der Waals surface area (Å²) in [6, 6.07) is 79.4. The molecular weight excluding hydrogens is 709 g/mol. The number of thiophene rings is 1. The zero-order chi connectivity index (χ0) is 37.7. The Balaban J connectivity index is 1.27. The Hall–Kier alpha value is -7.20. The molecule has 3 heteroatoms. The summed E-state index contributed by atoms with van der Waals surface area (Å²) in [6.07, 6.45) is 0. The van der Waals surface area contributed by atoms with Crippen LogP contribution in [0.5, 0.6) is 0 Å². The third-order valence-electron chi connectivity index (χ3n) is 11.2. The van der Waals surface area contributed by atoms with Crippen LogP contribution >= 0.6 is 11.3 Å². The monoisotopic (exact) mass is 744 g/mol. The van der Waals surface area contributed by atoms with E-state index in [9.17, 15) is 0 Å². The number of hydrogen-bond acceptors (Lipinski definition) is 2. The smallest absolute Gasteiger partial charge is 0.0555 e. The highest BCUT2D eigenvalue weighted by molar-refractivity contribution is 7.26. The fraction of sp³-hybridized carbons (Fsp3) is 0. The minimum atomic E-state index is 1.09. The zero-order valence-electron chi connectivity index (χ0n) is 31.1. The molecule has 11 rings (SSSR count). The molecule has 268 valence electrons. The number of aromatic nitrogens is 1. The minimum absolute atomic E-state index is 1.09. The number of rotatable bonds is 7. The summed E-state index contributed by atoms with van der Waals surface area (Å²) in [5.74, 6) is 0. The largest absolute Gasteiger partial charge is 0.309 e. The van der Waals surface area contributed by atoms with Gasteiger partial charge in [0.15, 0.2) is 0 Å². The molecule has 0 aliphatic rings. The first-order valence-electron chi connectivity index (χ1n) is 19.4. The maximum Gasteiger partial charge on any atom is 0.0555 e. The van der Waals surface area contributed by atoms with Crippen LogP contribution in [0.3, 0.4) is 0 Å². The standard InChI is InChI=1S/C54H36N2S/c1-3-18-37(19-4-1)39-22-17-23-40(36-39)55(47-29-12-7-24-41(47)38-20-5-2-6-21-38)51-35-34-45-44-27-11-16-33-52(44)57-54(45)53(51)46-28-10-15-32-50(46)56-48-30-13-8-25-42(48)43-26-9-14-31-49(43)56/h1-36H. The molecule has 11 aromatic rings. The highest BCUT2D eigenvalue weighted by Crippen LogP contribution is 2.52. The van der Waals surface area contributed by atoms with Crippen molar-refractivity contribution in [2.45, 2.75) is 0 Å². The number of fused-ring (bicyclic) bond motifs is 6. The fourth-order valence-corrected chi connectivity index (χ4v) is 9.94. The van der Waals surface area contributed by atoms with E-state index < -0.39 is 0 Å². The van der Waals surface area contributed by atoms with Gasteiger partial charge >= 0.3 is 0 Å². The topological polar surface area (TPSA) is 8.17 Å². The first-order chi connectivity index (χ1) is 28.3. The van der Waals surface area contributed by atoms with Crippen molar-refractivity contribution in [3.63, 3.8) is 0 Å². The Bertz CT molecular complexity index is 3190. The van der Waals surface area contributed by atoms with E-state index in [0.29, 0.717) is 0 Å². The molecule has 0 aliphatic carbocycles. The van der Waals surface area contributed by atoms with Crippen molar-refractivity contribution in [2.75, 3.05) is 4.90 Å². The summed E-state index contributed by atoms with van der Waals surface area (Å²) in [7, 11) is 0. The molecule has 0 N–H and O–H groups in total. The van der Waals surface area contributed by atoms with Crippen LogP contribution in [0, 0.1) is 0 Å². The van der Waals surface area contributed by atoms with Crippen LogP contribution in [0.25, 0.3) is 81.0 Å². The molecule has 0 aliphatic heterocycles. The van der Waals surface area contributed by atoms with Crippen molar-refractivity contribution in [1.29, 1.82) is 0 Å². The van der Waals surface area contributed by atoms with Crippen molar-refractivity contribution >= 4 is 70.4 Å². The van der Waals surface area contributed by atoms with E-state index >= 15 is 0 Å². The lowest BCUT2D eigenvalue weighted by Crippen LogP contribution is -2.13. The van der Waals surface area contributed by atoms with Gasteiger partial charge in [-0.1, -0.05) is 170 Å². The lowest BCUT2D eigenvalue weighted by Gasteiger charge is -2.31. The van der Waals surface area contributed by atoms with Gasteiger partial charge in [0.25, 0.3) is 0 Å². The van der Waals surface area contributed by atoms with Gasteiger partial charge in [0.1, 0.15) is 0 Å². The van der Waals surface area contributed by atoms with Crippen LogP contribution < -0.4 is 4.90 Å². The number of para-hydroxylation sites is 4. The highest BCUT2D eigenvalue weighted by atomic mass is 32.1. The molecule has 2 nitrogen and oxygen atoms in total. The number of nitrogens with zero attached hydrogens (tertiary/aromatic N) is 2. The number of benzene rings is 9. The molecule has 0 radical (unpaired) electrons. The normalized spacial score (nSPS) is 11.5. The molecule has 9 aromatic carbocycles. The Kier molecular flexibility index (Phi) is 8.04. The Morgan fingerprint density at radius 1 is 0.368 bits per heavy atom. The lowest BCUT2D eigenvalue weighted by atomic mass is 9.95. The summed E-state index contributed by atoms with van der Waals surface area (Å²) in [5, 5.41) is 5.04. The molecule has 0 amide bonds. The number of hydrogen-bond donors (Lipinski definition) is 0. The van der Waals surface area contributed by atoms with E-state index in [1.54, 1.807) is 0 Å². The Morgan fingerprint density at radius 2 is 0.947 bits per heavy atom. The van der Waals surface area contributed by atoms with E-state index in [0.717, 1.165) is 22.7 Å². The molecule has 0 saturated heterocycles. The van der Waals surface area contributed by atoms with Crippen molar-refractivity contribution in [1.82, 2.24) is 4.57 Å². The van der Waals surface area contributed by atoms with Gasteiger partial charge in [0.05, 0.1) is 28.1 Å². The van der Waals surface area contributed by atoms with Gasteiger partial charge in [-0.2, -0.15) is 0 Å². The minimum Gasteiger partial charge on any atom is -0.309 e. The first-order valence-corrected chi connectivity index (χ1v) is 20.3. The van der Waals surface area contributed by atoms with Crippen molar-refractivity contribution in [3.8, 4) is 39.1 Å². The number of anilines is 3. The molecule has 0 bridgehead atoms. The molecule has 2 aromatic heterocycles. The Morgan fingerprint density at radius 3 is 1.70 bits per heavy atom. The van der Waals surface area contributed by atoms with Gasteiger partial charge in [-0.3, -0.25) is 0 Å². The molecule has 0 spiro atoms. The summed E-state index contributed by atoms with van der Waals surface area (Å²) in [6.45, 7) is 0. The molecule has 0 fully saturated rings. The first kappa shape index (κ1) is 33.2. The zero-order valence-corrected chi connectivity index (χ0v) is 31.9. The van der Waals surface area contributed by atoms with Gasteiger partial charge in [0.2, 0.25) is 0 Å². The van der Waals surface area contributed by atoms with E-state index in [1.807, 2.05) is 11.3 Å². The SMILES string of the molecule is c1ccc(-c2cccc(N(c3ccccc3-c3ccccc3)c3ccc4c(sc5ccccc54)c3-c3ccccc3-n3c4ccccc4c4ccccc43)c2)cc1. The summed E-state index contributed by atoms with van der Waals surface area (Å²) >= 11 is 1.88. The van der Waals surface area contributed by atoms with Crippen LogP contribution in [0.2, 0.25) is 0 Å². The second-order valence-corrected chi connectivity index (χ2v) is 15.5.